The summed E-state index contributed by atoms with van der Waals surface area (Å²) in [5.74, 6) is 0.684. The van der Waals surface area contributed by atoms with Crippen molar-refractivity contribution >= 4 is 16.8 Å². The zero-order valence-corrected chi connectivity index (χ0v) is 13.6. The minimum atomic E-state index is 0.237. The van der Waals surface area contributed by atoms with E-state index in [-0.39, 0.29) is 5.41 Å². The van der Waals surface area contributed by atoms with Crippen LogP contribution in [0.1, 0.15) is 50.7 Å². The zero-order chi connectivity index (χ0) is 15.2. The molecule has 0 N–H and O–H groups in total. The van der Waals surface area contributed by atoms with Crippen LogP contribution < -0.4 is 0 Å². The van der Waals surface area contributed by atoms with Crippen LogP contribution in [0.25, 0.3) is 16.8 Å². The highest BCUT2D eigenvalue weighted by Crippen LogP contribution is 2.52. The third kappa shape index (κ3) is 1.76. The normalized spacial score (nSPS) is 24.5. The van der Waals surface area contributed by atoms with Gasteiger partial charge in [-0.3, -0.25) is 0 Å². The monoisotopic (exact) mass is 288 g/mol. The highest BCUT2D eigenvalue weighted by Gasteiger charge is 2.43. The molecule has 2 atom stereocenters. The van der Waals surface area contributed by atoms with Crippen molar-refractivity contribution in [2.24, 2.45) is 5.92 Å². The number of rotatable bonds is 2. The predicted molar refractivity (Wildman–Crippen MR) is 96.0 cm³/mol. The molecule has 0 amide bonds. The molecular weight excluding hydrogens is 264 g/mol. The number of hydrogen-bond acceptors (Lipinski definition) is 0. The second-order valence-electron chi connectivity index (χ2n) is 6.91. The molecular formula is C22H24. The lowest BCUT2D eigenvalue weighted by molar-refractivity contribution is 0.294. The lowest BCUT2D eigenvalue weighted by Crippen LogP contribution is -2.39. The summed E-state index contributed by atoms with van der Waals surface area (Å²) in [5, 5.41) is 2.76. The number of fused-ring (bicyclic) bond motifs is 5. The van der Waals surface area contributed by atoms with Crippen molar-refractivity contribution in [3.05, 3.63) is 65.3 Å². The molecule has 4 rings (SSSR count). The maximum atomic E-state index is 2.49. The van der Waals surface area contributed by atoms with Gasteiger partial charge in [0.05, 0.1) is 0 Å². The number of benzene rings is 2. The molecule has 0 fully saturated rings. The molecule has 0 radical (unpaired) electrons. The molecule has 2 aromatic carbocycles. The summed E-state index contributed by atoms with van der Waals surface area (Å²) in [6.07, 6.45) is 12.3. The fourth-order valence-corrected chi connectivity index (χ4v) is 4.65. The Morgan fingerprint density at radius 3 is 2.82 bits per heavy atom. The fourth-order valence-electron chi connectivity index (χ4n) is 4.65. The van der Waals surface area contributed by atoms with Crippen molar-refractivity contribution < 1.29 is 0 Å². The Morgan fingerprint density at radius 2 is 1.95 bits per heavy atom. The first-order valence-corrected chi connectivity index (χ1v) is 8.68. The zero-order valence-electron chi connectivity index (χ0n) is 13.6. The first kappa shape index (κ1) is 13.8. The highest BCUT2D eigenvalue weighted by molar-refractivity contribution is 5.94. The summed E-state index contributed by atoms with van der Waals surface area (Å²) in [5.41, 5.74) is 4.82. The summed E-state index contributed by atoms with van der Waals surface area (Å²) in [6.45, 7) is 4.78. The van der Waals surface area contributed by atoms with Gasteiger partial charge in [0.25, 0.3) is 0 Å². The van der Waals surface area contributed by atoms with Crippen molar-refractivity contribution in [2.75, 3.05) is 0 Å². The molecule has 22 heavy (non-hydrogen) atoms. The molecule has 0 heteroatoms. The van der Waals surface area contributed by atoms with Gasteiger partial charge in [0.1, 0.15) is 0 Å². The average molecular weight is 288 g/mol. The first-order valence-electron chi connectivity index (χ1n) is 8.68. The Kier molecular flexibility index (Phi) is 3.22. The molecule has 2 aromatic rings. The SMILES string of the molecule is CCC(C)C12CCCC=C1C=Cc1c2ccc2ccccc12. The average Bonchev–Trinajstić information content (AvgIpc) is 2.60. The van der Waals surface area contributed by atoms with Gasteiger partial charge < -0.3 is 0 Å². The number of allylic oxidation sites excluding steroid dienone is 3. The molecule has 112 valence electrons. The van der Waals surface area contributed by atoms with E-state index in [4.69, 9.17) is 0 Å². The van der Waals surface area contributed by atoms with Crippen LogP contribution in [0.3, 0.4) is 0 Å². The van der Waals surface area contributed by atoms with E-state index in [0.717, 1.165) is 0 Å². The molecule has 0 aromatic heterocycles. The topological polar surface area (TPSA) is 0 Å². The van der Waals surface area contributed by atoms with E-state index in [1.54, 1.807) is 11.1 Å². The van der Waals surface area contributed by atoms with Gasteiger partial charge in [0.15, 0.2) is 0 Å². The van der Waals surface area contributed by atoms with E-state index in [2.05, 4.69) is 68.5 Å². The van der Waals surface area contributed by atoms with Gasteiger partial charge in [-0.2, -0.15) is 0 Å². The minimum absolute atomic E-state index is 0.237. The van der Waals surface area contributed by atoms with Gasteiger partial charge in [-0.15, -0.1) is 0 Å². The predicted octanol–water partition coefficient (Wildman–Crippen LogP) is 6.26. The second kappa shape index (κ2) is 5.12. The molecule has 0 heterocycles. The summed E-state index contributed by atoms with van der Waals surface area (Å²) >= 11 is 0. The fraction of sp³-hybridized carbons (Fsp3) is 0.364. The van der Waals surface area contributed by atoms with E-state index in [9.17, 15) is 0 Å². The highest BCUT2D eigenvalue weighted by atomic mass is 14.5. The largest absolute Gasteiger partial charge is 0.0804 e. The van der Waals surface area contributed by atoms with Gasteiger partial charge in [0, 0.05) is 5.41 Å². The van der Waals surface area contributed by atoms with Gasteiger partial charge in [-0.1, -0.05) is 74.9 Å². The molecule has 0 saturated heterocycles. The molecule has 0 bridgehead atoms. The van der Waals surface area contributed by atoms with E-state index < -0.39 is 0 Å². The van der Waals surface area contributed by atoms with E-state index in [1.807, 2.05) is 0 Å². The van der Waals surface area contributed by atoms with Crippen molar-refractivity contribution in [3.8, 4) is 0 Å². The van der Waals surface area contributed by atoms with Crippen molar-refractivity contribution in [1.82, 2.24) is 0 Å². The molecule has 2 aliphatic rings. The van der Waals surface area contributed by atoms with Crippen molar-refractivity contribution in [2.45, 2.75) is 44.9 Å². The Balaban J connectivity index is 2.05. The Bertz CT molecular complexity index is 778. The van der Waals surface area contributed by atoms with E-state index in [1.165, 1.54) is 42.0 Å². The van der Waals surface area contributed by atoms with Gasteiger partial charge >= 0.3 is 0 Å². The maximum Gasteiger partial charge on any atom is 0.0231 e. The summed E-state index contributed by atoms with van der Waals surface area (Å²) in [4.78, 5) is 0. The van der Waals surface area contributed by atoms with Gasteiger partial charge in [0.2, 0.25) is 0 Å². The number of hydrogen-bond donors (Lipinski definition) is 0. The maximum absolute atomic E-state index is 2.49. The quantitative estimate of drug-likeness (QED) is 0.611. The van der Waals surface area contributed by atoms with Crippen LogP contribution >= 0.6 is 0 Å². The molecule has 2 aliphatic carbocycles. The minimum Gasteiger partial charge on any atom is -0.0804 e. The Hall–Kier alpha value is -1.82. The third-order valence-corrected chi connectivity index (χ3v) is 5.99. The van der Waals surface area contributed by atoms with Crippen LogP contribution in [0, 0.1) is 5.92 Å². The third-order valence-electron chi connectivity index (χ3n) is 5.99. The van der Waals surface area contributed by atoms with E-state index in [0.29, 0.717) is 5.92 Å². The van der Waals surface area contributed by atoms with Gasteiger partial charge in [-0.05, 0) is 52.7 Å². The smallest absolute Gasteiger partial charge is 0.0231 e. The standard InChI is InChI=1S/C22H24/c1-3-16(2)22-15-7-6-9-18(22)12-13-20-19-10-5-4-8-17(19)11-14-21(20)22/h4-5,8-14,16H,3,6-7,15H2,1-2H3. The molecule has 2 unspecified atom stereocenters. The van der Waals surface area contributed by atoms with E-state index >= 15 is 0 Å². The van der Waals surface area contributed by atoms with Crippen LogP contribution in [0.4, 0.5) is 0 Å². The van der Waals surface area contributed by atoms with Crippen LogP contribution in [-0.4, -0.2) is 0 Å². The van der Waals surface area contributed by atoms with Crippen LogP contribution in [0.2, 0.25) is 0 Å². The first-order chi connectivity index (χ1) is 10.8. The molecule has 0 nitrogen and oxygen atoms in total. The lowest BCUT2D eigenvalue weighted by atomic mass is 9.57. The van der Waals surface area contributed by atoms with Gasteiger partial charge in [-0.25, -0.2) is 0 Å². The van der Waals surface area contributed by atoms with Crippen LogP contribution in [0.5, 0.6) is 0 Å². The summed E-state index contributed by atoms with van der Waals surface area (Å²) < 4.78 is 0. The summed E-state index contributed by atoms with van der Waals surface area (Å²) in [6, 6.07) is 13.5. The van der Waals surface area contributed by atoms with Crippen molar-refractivity contribution in [3.63, 3.8) is 0 Å². The Labute approximate surface area is 133 Å². The van der Waals surface area contributed by atoms with Crippen molar-refractivity contribution in [1.29, 1.82) is 0 Å². The lowest BCUT2D eigenvalue weighted by Gasteiger charge is -2.46. The molecule has 0 spiro atoms. The molecule has 0 aliphatic heterocycles. The Morgan fingerprint density at radius 1 is 1.09 bits per heavy atom. The van der Waals surface area contributed by atoms with Crippen LogP contribution in [0.15, 0.2) is 54.1 Å². The second-order valence-corrected chi connectivity index (χ2v) is 6.91. The molecule has 0 saturated carbocycles. The van der Waals surface area contributed by atoms with Crippen LogP contribution in [-0.2, 0) is 5.41 Å². The summed E-state index contributed by atoms with van der Waals surface area (Å²) in [7, 11) is 0.